The van der Waals surface area contributed by atoms with Gasteiger partial charge in [-0.2, -0.15) is 10.4 Å². The summed E-state index contributed by atoms with van der Waals surface area (Å²) >= 11 is 0. The lowest BCUT2D eigenvalue weighted by Crippen LogP contribution is -2.37. The highest BCUT2D eigenvalue weighted by Crippen LogP contribution is 2.25. The van der Waals surface area contributed by atoms with Gasteiger partial charge in [0.1, 0.15) is 5.69 Å². The van der Waals surface area contributed by atoms with E-state index in [4.69, 9.17) is 14.5 Å². The van der Waals surface area contributed by atoms with Gasteiger partial charge < -0.3 is 9.26 Å². The molecule has 1 saturated heterocycles. The van der Waals surface area contributed by atoms with Crippen LogP contribution in [-0.4, -0.2) is 39.5 Å². The minimum absolute atomic E-state index is 0.0437. The minimum Gasteiger partial charge on any atom is -0.371 e. The van der Waals surface area contributed by atoms with E-state index in [1.54, 1.807) is 16.9 Å². The van der Waals surface area contributed by atoms with Crippen molar-refractivity contribution in [1.82, 2.24) is 19.8 Å². The number of hydrogen-bond acceptors (Lipinski definition) is 6. The molecule has 2 aromatic heterocycles. The van der Waals surface area contributed by atoms with Gasteiger partial charge >= 0.3 is 0 Å². The fraction of sp³-hybridized carbons (Fsp3) is 0.316. The summed E-state index contributed by atoms with van der Waals surface area (Å²) < 4.78 is 13.1. The summed E-state index contributed by atoms with van der Waals surface area (Å²) in [7, 11) is 1.87. The number of aryl methyl sites for hydroxylation is 1. The summed E-state index contributed by atoms with van der Waals surface area (Å²) in [5.74, 6) is 0.815. The zero-order chi connectivity index (χ0) is 17.9. The molecule has 7 nitrogen and oxygen atoms in total. The van der Waals surface area contributed by atoms with Crippen LogP contribution in [-0.2, 0) is 18.3 Å². The zero-order valence-electron chi connectivity index (χ0n) is 14.5. The molecule has 0 bridgehead atoms. The normalized spacial score (nSPS) is 17.9. The van der Waals surface area contributed by atoms with Crippen molar-refractivity contribution in [2.24, 2.45) is 7.05 Å². The number of nitriles is 1. The standard InChI is InChI=1S/C19H19N5O2/c1-23-11-16(10-21-23)18-8-17(26-22-18)12-24-5-6-25-19(13-24)15-4-2-3-14(7-15)9-20/h2-4,7-8,10-11,19H,5-6,12-13H2,1H3/t19-/m1/s1. The molecule has 0 amide bonds. The predicted molar refractivity (Wildman–Crippen MR) is 93.8 cm³/mol. The van der Waals surface area contributed by atoms with Gasteiger partial charge in [-0.15, -0.1) is 0 Å². The highest BCUT2D eigenvalue weighted by molar-refractivity contribution is 5.56. The van der Waals surface area contributed by atoms with E-state index in [1.807, 2.05) is 37.5 Å². The van der Waals surface area contributed by atoms with Crippen molar-refractivity contribution in [3.05, 3.63) is 59.6 Å². The second kappa shape index (κ2) is 7.12. The van der Waals surface area contributed by atoms with Gasteiger partial charge in [-0.05, 0) is 17.7 Å². The van der Waals surface area contributed by atoms with Gasteiger partial charge in [0.2, 0.25) is 0 Å². The molecule has 3 aromatic rings. The molecule has 0 saturated carbocycles. The van der Waals surface area contributed by atoms with Crippen molar-refractivity contribution in [1.29, 1.82) is 5.26 Å². The summed E-state index contributed by atoms with van der Waals surface area (Å²) in [6, 6.07) is 11.7. The largest absolute Gasteiger partial charge is 0.371 e. The van der Waals surface area contributed by atoms with E-state index in [2.05, 4.69) is 21.2 Å². The van der Waals surface area contributed by atoms with Crippen LogP contribution in [0.2, 0.25) is 0 Å². The maximum atomic E-state index is 9.08. The van der Waals surface area contributed by atoms with Crippen LogP contribution in [0.15, 0.2) is 47.2 Å². The Balaban J connectivity index is 1.44. The van der Waals surface area contributed by atoms with Crippen LogP contribution in [0.1, 0.15) is 23.0 Å². The number of morpholine rings is 1. The van der Waals surface area contributed by atoms with Crippen molar-refractivity contribution in [2.75, 3.05) is 19.7 Å². The van der Waals surface area contributed by atoms with E-state index in [9.17, 15) is 0 Å². The van der Waals surface area contributed by atoms with Gasteiger partial charge in [-0.1, -0.05) is 17.3 Å². The minimum atomic E-state index is -0.0437. The summed E-state index contributed by atoms with van der Waals surface area (Å²) in [4.78, 5) is 2.28. The Hall–Kier alpha value is -2.95. The van der Waals surface area contributed by atoms with E-state index >= 15 is 0 Å². The molecule has 1 aliphatic rings. The number of ether oxygens (including phenoxy) is 1. The van der Waals surface area contributed by atoms with Crippen LogP contribution in [0.25, 0.3) is 11.3 Å². The van der Waals surface area contributed by atoms with Crippen LogP contribution in [0.5, 0.6) is 0 Å². The van der Waals surface area contributed by atoms with Gasteiger partial charge in [-0.25, -0.2) is 0 Å². The van der Waals surface area contributed by atoms with Crippen molar-refractivity contribution in [2.45, 2.75) is 12.6 Å². The molecular weight excluding hydrogens is 330 g/mol. The zero-order valence-corrected chi connectivity index (χ0v) is 14.5. The van der Waals surface area contributed by atoms with E-state index in [0.717, 1.165) is 35.7 Å². The SMILES string of the molecule is Cn1cc(-c2cc(CN3CCO[C@@H](c4cccc(C#N)c4)C3)on2)cn1. The maximum Gasteiger partial charge on any atom is 0.151 e. The predicted octanol–water partition coefficient (Wildman–Crippen LogP) is 2.52. The second-order valence-corrected chi connectivity index (χ2v) is 6.41. The first-order chi connectivity index (χ1) is 12.7. The lowest BCUT2D eigenvalue weighted by molar-refractivity contribution is -0.0351. The van der Waals surface area contributed by atoms with Crippen molar-refractivity contribution >= 4 is 0 Å². The Morgan fingerprint density at radius 2 is 2.27 bits per heavy atom. The highest BCUT2D eigenvalue weighted by atomic mass is 16.5. The third-order valence-corrected chi connectivity index (χ3v) is 4.48. The molecule has 26 heavy (non-hydrogen) atoms. The van der Waals surface area contributed by atoms with Crippen LogP contribution in [0, 0.1) is 11.3 Å². The Morgan fingerprint density at radius 1 is 1.35 bits per heavy atom. The third kappa shape index (κ3) is 3.52. The fourth-order valence-corrected chi connectivity index (χ4v) is 3.15. The second-order valence-electron chi connectivity index (χ2n) is 6.41. The van der Waals surface area contributed by atoms with E-state index < -0.39 is 0 Å². The molecule has 1 aromatic carbocycles. The molecule has 0 radical (unpaired) electrons. The first-order valence-electron chi connectivity index (χ1n) is 8.50. The van der Waals surface area contributed by atoms with Gasteiger partial charge in [0, 0.05) is 38.0 Å². The molecule has 0 unspecified atom stereocenters. The molecule has 0 N–H and O–H groups in total. The number of hydrogen-bond donors (Lipinski definition) is 0. The number of aromatic nitrogens is 3. The van der Waals surface area contributed by atoms with E-state index in [1.165, 1.54) is 0 Å². The number of nitrogens with zero attached hydrogens (tertiary/aromatic N) is 5. The molecule has 0 spiro atoms. The average molecular weight is 349 g/mol. The monoisotopic (exact) mass is 349 g/mol. The van der Waals surface area contributed by atoms with Crippen LogP contribution in [0.4, 0.5) is 0 Å². The van der Waals surface area contributed by atoms with E-state index in [0.29, 0.717) is 18.7 Å². The van der Waals surface area contributed by atoms with Gasteiger partial charge in [-0.3, -0.25) is 9.58 Å². The topological polar surface area (TPSA) is 80.1 Å². The first kappa shape index (κ1) is 16.5. The summed E-state index contributed by atoms with van der Waals surface area (Å²) in [6.45, 7) is 2.89. The summed E-state index contributed by atoms with van der Waals surface area (Å²) in [5, 5.41) is 17.4. The molecular formula is C19H19N5O2. The summed E-state index contributed by atoms with van der Waals surface area (Å²) in [5.41, 5.74) is 3.41. The molecule has 1 aliphatic heterocycles. The fourth-order valence-electron chi connectivity index (χ4n) is 3.15. The quantitative estimate of drug-likeness (QED) is 0.720. The maximum absolute atomic E-state index is 9.08. The molecule has 1 atom stereocenters. The number of rotatable bonds is 4. The molecule has 132 valence electrons. The van der Waals surface area contributed by atoms with Crippen molar-refractivity contribution in [3.63, 3.8) is 0 Å². The number of benzene rings is 1. The van der Waals surface area contributed by atoms with Gasteiger partial charge in [0.05, 0.1) is 37.1 Å². The third-order valence-electron chi connectivity index (χ3n) is 4.48. The Labute approximate surface area is 151 Å². The smallest absolute Gasteiger partial charge is 0.151 e. The summed E-state index contributed by atoms with van der Waals surface area (Å²) in [6.07, 6.45) is 3.64. The van der Waals surface area contributed by atoms with Crippen LogP contribution >= 0.6 is 0 Å². The van der Waals surface area contributed by atoms with E-state index in [-0.39, 0.29) is 6.10 Å². The van der Waals surface area contributed by atoms with Crippen molar-refractivity contribution < 1.29 is 9.26 Å². The lowest BCUT2D eigenvalue weighted by Gasteiger charge is -2.32. The van der Waals surface area contributed by atoms with Crippen LogP contribution < -0.4 is 0 Å². The molecule has 0 aliphatic carbocycles. The highest BCUT2D eigenvalue weighted by Gasteiger charge is 2.23. The van der Waals surface area contributed by atoms with Crippen LogP contribution in [0.3, 0.4) is 0 Å². The molecule has 4 rings (SSSR count). The average Bonchev–Trinajstić information content (AvgIpc) is 3.31. The molecule has 3 heterocycles. The molecule has 7 heteroatoms. The first-order valence-corrected chi connectivity index (χ1v) is 8.50. The molecule has 1 fully saturated rings. The Bertz CT molecular complexity index is 939. The van der Waals surface area contributed by atoms with Crippen molar-refractivity contribution in [3.8, 4) is 17.3 Å². The lowest BCUT2D eigenvalue weighted by atomic mass is 10.0. The van der Waals surface area contributed by atoms with Gasteiger partial charge in [0.25, 0.3) is 0 Å². The Morgan fingerprint density at radius 3 is 3.08 bits per heavy atom. The van der Waals surface area contributed by atoms with Gasteiger partial charge in [0.15, 0.2) is 5.76 Å². The Kier molecular flexibility index (Phi) is 4.52.